The van der Waals surface area contributed by atoms with Crippen molar-refractivity contribution in [2.75, 3.05) is 19.6 Å². The number of piperazine rings is 1. The summed E-state index contributed by atoms with van der Waals surface area (Å²) in [6, 6.07) is 3.11. The zero-order valence-electron chi connectivity index (χ0n) is 12.0. The molecule has 0 radical (unpaired) electrons. The van der Waals surface area contributed by atoms with Crippen LogP contribution in [0, 0.1) is 5.95 Å². The van der Waals surface area contributed by atoms with Crippen molar-refractivity contribution in [3.63, 3.8) is 0 Å². The third-order valence-corrected chi connectivity index (χ3v) is 2.99. The molecule has 1 amide bonds. The van der Waals surface area contributed by atoms with Gasteiger partial charge in [-0.15, -0.1) is 0 Å². The first-order valence-corrected chi connectivity index (χ1v) is 6.68. The summed E-state index contributed by atoms with van der Waals surface area (Å²) in [5.74, 6) is -0.504. The van der Waals surface area contributed by atoms with E-state index in [2.05, 4.69) is 10.3 Å². The highest BCUT2D eigenvalue weighted by Gasteiger charge is 2.29. The van der Waals surface area contributed by atoms with Crippen molar-refractivity contribution in [1.29, 1.82) is 0 Å². The highest BCUT2D eigenvalue weighted by molar-refractivity contribution is 5.68. The minimum absolute atomic E-state index is 0.259. The molecule has 5 nitrogen and oxygen atoms in total. The number of carbonyl (C=O) groups is 1. The van der Waals surface area contributed by atoms with E-state index in [-0.39, 0.29) is 12.1 Å². The summed E-state index contributed by atoms with van der Waals surface area (Å²) in [5.41, 5.74) is -0.0578. The zero-order valence-corrected chi connectivity index (χ0v) is 12.0. The average molecular weight is 281 g/mol. The van der Waals surface area contributed by atoms with Crippen molar-refractivity contribution in [1.82, 2.24) is 15.2 Å². The van der Waals surface area contributed by atoms with Gasteiger partial charge in [0.2, 0.25) is 5.95 Å². The summed E-state index contributed by atoms with van der Waals surface area (Å²) in [6.45, 7) is 6.99. The molecule has 1 saturated heterocycles. The lowest BCUT2D eigenvalue weighted by molar-refractivity contribution is 0.0193. The Morgan fingerprint density at radius 3 is 2.95 bits per heavy atom. The molecule has 0 spiro atoms. The molecule has 1 aromatic heterocycles. The molecule has 0 bridgehead atoms. The number of carbonyl (C=O) groups excluding carboxylic acids is 1. The Morgan fingerprint density at radius 2 is 2.30 bits per heavy atom. The molecule has 2 heterocycles. The van der Waals surface area contributed by atoms with Crippen LogP contribution < -0.4 is 5.32 Å². The number of nitrogens with zero attached hydrogens (tertiary/aromatic N) is 2. The van der Waals surface area contributed by atoms with Crippen molar-refractivity contribution >= 4 is 6.09 Å². The van der Waals surface area contributed by atoms with Gasteiger partial charge in [0.1, 0.15) is 5.60 Å². The van der Waals surface area contributed by atoms with Crippen LogP contribution in [-0.2, 0) is 4.74 Å². The van der Waals surface area contributed by atoms with Crippen LogP contribution in [0.3, 0.4) is 0 Å². The molecule has 2 rings (SSSR count). The summed E-state index contributed by atoms with van der Waals surface area (Å²) < 4.78 is 19.0. The Hall–Kier alpha value is -1.69. The maximum atomic E-state index is 13.7. The molecule has 0 saturated carbocycles. The molecule has 1 aromatic rings. The van der Waals surface area contributed by atoms with Gasteiger partial charge in [-0.1, -0.05) is 6.07 Å². The molecule has 6 heteroatoms. The quantitative estimate of drug-likeness (QED) is 0.801. The first-order valence-electron chi connectivity index (χ1n) is 6.68. The molecule has 1 atom stereocenters. The lowest BCUT2D eigenvalue weighted by Gasteiger charge is -2.35. The lowest BCUT2D eigenvalue weighted by Crippen LogP contribution is -2.49. The lowest BCUT2D eigenvalue weighted by atomic mass is 10.1. The minimum atomic E-state index is -0.531. The van der Waals surface area contributed by atoms with Gasteiger partial charge in [-0.3, -0.25) is 0 Å². The number of rotatable bonds is 1. The number of amides is 1. The largest absolute Gasteiger partial charge is 0.444 e. The molecule has 1 unspecified atom stereocenters. The third kappa shape index (κ3) is 3.66. The summed E-state index contributed by atoms with van der Waals surface area (Å²) in [5, 5.41) is 3.19. The van der Waals surface area contributed by atoms with Gasteiger partial charge in [0.25, 0.3) is 0 Å². The van der Waals surface area contributed by atoms with Crippen LogP contribution in [0.15, 0.2) is 18.3 Å². The van der Waals surface area contributed by atoms with E-state index in [4.69, 9.17) is 4.74 Å². The highest BCUT2D eigenvalue weighted by atomic mass is 19.1. The van der Waals surface area contributed by atoms with Crippen LogP contribution in [0.25, 0.3) is 0 Å². The van der Waals surface area contributed by atoms with E-state index in [9.17, 15) is 9.18 Å². The summed E-state index contributed by atoms with van der Waals surface area (Å²) in [6.07, 6.45) is 1.04. The molecule has 1 N–H and O–H groups in total. The smallest absolute Gasteiger partial charge is 0.410 e. The van der Waals surface area contributed by atoms with Gasteiger partial charge in [-0.05, 0) is 26.8 Å². The van der Waals surface area contributed by atoms with E-state index < -0.39 is 11.5 Å². The maximum Gasteiger partial charge on any atom is 0.410 e. The summed E-state index contributed by atoms with van der Waals surface area (Å²) >= 11 is 0. The molecule has 20 heavy (non-hydrogen) atoms. The number of pyridine rings is 1. The van der Waals surface area contributed by atoms with E-state index in [0.29, 0.717) is 25.2 Å². The van der Waals surface area contributed by atoms with E-state index in [1.807, 2.05) is 20.8 Å². The number of halogens is 1. The minimum Gasteiger partial charge on any atom is -0.444 e. The number of aromatic nitrogens is 1. The van der Waals surface area contributed by atoms with Gasteiger partial charge in [0.05, 0.1) is 6.04 Å². The van der Waals surface area contributed by atoms with E-state index in [0.717, 1.165) is 0 Å². The van der Waals surface area contributed by atoms with Crippen molar-refractivity contribution in [2.45, 2.75) is 32.4 Å². The fourth-order valence-corrected chi connectivity index (χ4v) is 2.11. The second-order valence-corrected chi connectivity index (χ2v) is 5.82. The van der Waals surface area contributed by atoms with Crippen LogP contribution in [0.1, 0.15) is 32.4 Å². The van der Waals surface area contributed by atoms with Crippen LogP contribution in [0.4, 0.5) is 9.18 Å². The molecule has 1 aliphatic rings. The van der Waals surface area contributed by atoms with E-state index >= 15 is 0 Å². The summed E-state index contributed by atoms with van der Waals surface area (Å²) in [7, 11) is 0. The van der Waals surface area contributed by atoms with E-state index in [1.165, 1.54) is 6.20 Å². The van der Waals surface area contributed by atoms with Crippen LogP contribution >= 0.6 is 0 Å². The van der Waals surface area contributed by atoms with E-state index in [1.54, 1.807) is 17.0 Å². The van der Waals surface area contributed by atoms with Crippen LogP contribution in [-0.4, -0.2) is 41.2 Å². The van der Waals surface area contributed by atoms with Gasteiger partial charge < -0.3 is 15.0 Å². The second-order valence-electron chi connectivity index (χ2n) is 5.82. The molecule has 1 fully saturated rings. The van der Waals surface area contributed by atoms with Gasteiger partial charge in [-0.25, -0.2) is 9.78 Å². The van der Waals surface area contributed by atoms with Crippen molar-refractivity contribution in [3.8, 4) is 0 Å². The van der Waals surface area contributed by atoms with Gasteiger partial charge in [-0.2, -0.15) is 4.39 Å². The monoisotopic (exact) mass is 281 g/mol. The Morgan fingerprint density at radius 1 is 1.55 bits per heavy atom. The topological polar surface area (TPSA) is 54.5 Å². The number of hydrogen-bond donors (Lipinski definition) is 1. The van der Waals surface area contributed by atoms with Crippen molar-refractivity contribution < 1.29 is 13.9 Å². The Bertz CT molecular complexity index is 488. The Labute approximate surface area is 118 Å². The average Bonchev–Trinajstić information content (AvgIpc) is 2.37. The fraction of sp³-hybridized carbons (Fsp3) is 0.571. The van der Waals surface area contributed by atoms with Gasteiger partial charge in [0.15, 0.2) is 0 Å². The second kappa shape index (κ2) is 5.75. The molecular weight excluding hydrogens is 261 g/mol. The van der Waals surface area contributed by atoms with Crippen molar-refractivity contribution in [2.24, 2.45) is 0 Å². The highest BCUT2D eigenvalue weighted by Crippen LogP contribution is 2.20. The zero-order chi connectivity index (χ0) is 14.8. The predicted molar refractivity (Wildman–Crippen MR) is 72.7 cm³/mol. The first-order chi connectivity index (χ1) is 9.37. The predicted octanol–water partition coefficient (Wildman–Crippen LogP) is 2.10. The molecule has 1 aliphatic heterocycles. The SMILES string of the molecule is CC(C)(C)OC(=O)N1CCNC(c2cccnc2F)C1. The number of ether oxygens (including phenoxy) is 1. The normalized spacial score (nSPS) is 19.8. The number of nitrogens with one attached hydrogen (secondary N) is 1. The maximum absolute atomic E-state index is 13.7. The molecule has 0 aromatic carbocycles. The Kier molecular flexibility index (Phi) is 4.23. The van der Waals surface area contributed by atoms with Crippen LogP contribution in [0.2, 0.25) is 0 Å². The molecule has 110 valence electrons. The standard InChI is InChI=1S/C14H20FN3O2/c1-14(2,3)20-13(19)18-8-7-16-11(9-18)10-5-4-6-17-12(10)15/h4-6,11,16H,7-9H2,1-3H3. The Balaban J connectivity index is 2.06. The molecular formula is C14H20FN3O2. The van der Waals surface area contributed by atoms with Crippen molar-refractivity contribution in [3.05, 3.63) is 29.8 Å². The van der Waals surface area contributed by atoms with Gasteiger partial charge in [0, 0.05) is 31.4 Å². The van der Waals surface area contributed by atoms with Crippen LogP contribution in [0.5, 0.6) is 0 Å². The fourth-order valence-electron chi connectivity index (χ4n) is 2.11. The first kappa shape index (κ1) is 14.7. The molecule has 0 aliphatic carbocycles. The summed E-state index contributed by atoms with van der Waals surface area (Å²) in [4.78, 5) is 17.3. The van der Waals surface area contributed by atoms with Gasteiger partial charge >= 0.3 is 6.09 Å². The number of hydrogen-bond acceptors (Lipinski definition) is 4. The third-order valence-electron chi connectivity index (χ3n) is 2.99.